The Labute approximate surface area is 89.7 Å². The number of aromatic nitrogens is 2. The third-order valence-corrected chi connectivity index (χ3v) is 2.55. The maximum Gasteiger partial charge on any atom is 0.104 e. The Kier molecular flexibility index (Phi) is 2.73. The van der Waals surface area contributed by atoms with E-state index in [2.05, 4.69) is 28.2 Å². The highest BCUT2D eigenvalue weighted by Gasteiger charge is 2.01. The lowest BCUT2D eigenvalue weighted by molar-refractivity contribution is 0.666. The molecular formula is C12H17N3. The molecule has 0 aliphatic heterocycles. The second kappa shape index (κ2) is 4.03. The topological polar surface area (TPSA) is 54.7 Å². The molecular weight excluding hydrogens is 186 g/mol. The van der Waals surface area contributed by atoms with Gasteiger partial charge >= 0.3 is 0 Å². The minimum Gasteiger partial charge on any atom is -0.342 e. The number of rotatable bonds is 3. The largest absolute Gasteiger partial charge is 0.342 e. The van der Waals surface area contributed by atoms with Crippen LogP contribution in [0.25, 0.3) is 11.0 Å². The molecule has 1 unspecified atom stereocenters. The van der Waals surface area contributed by atoms with E-state index in [-0.39, 0.29) is 6.04 Å². The number of fused-ring (bicyclic) bond motifs is 1. The zero-order valence-electron chi connectivity index (χ0n) is 9.25. The Morgan fingerprint density at radius 2 is 2.27 bits per heavy atom. The molecule has 0 aliphatic carbocycles. The third kappa shape index (κ3) is 2.36. The molecule has 15 heavy (non-hydrogen) atoms. The molecule has 0 fully saturated rings. The Hall–Kier alpha value is -1.35. The molecule has 0 spiro atoms. The Bertz CT molecular complexity index is 457. The van der Waals surface area contributed by atoms with Crippen molar-refractivity contribution >= 4 is 11.0 Å². The van der Waals surface area contributed by atoms with Gasteiger partial charge in [0.2, 0.25) is 0 Å². The molecule has 0 saturated carbocycles. The summed E-state index contributed by atoms with van der Waals surface area (Å²) in [5, 5.41) is 0. The van der Waals surface area contributed by atoms with Crippen LogP contribution < -0.4 is 5.73 Å². The van der Waals surface area contributed by atoms with Crippen molar-refractivity contribution in [3.8, 4) is 0 Å². The summed E-state index contributed by atoms with van der Waals surface area (Å²) in [6, 6.07) is 6.63. The highest BCUT2D eigenvalue weighted by Crippen LogP contribution is 2.14. The number of imidazole rings is 1. The standard InChI is InChI=1S/C12H17N3/c1-8(13)3-4-10-5-6-11-12(7-10)15-9(2)14-11/h5-8H,3-4,13H2,1-2H3,(H,14,15). The lowest BCUT2D eigenvalue weighted by Crippen LogP contribution is -2.15. The minimum atomic E-state index is 0.268. The molecule has 1 heterocycles. The van der Waals surface area contributed by atoms with E-state index in [1.165, 1.54) is 5.56 Å². The number of nitrogens with zero attached hydrogens (tertiary/aromatic N) is 1. The van der Waals surface area contributed by atoms with Gasteiger partial charge in [-0.3, -0.25) is 0 Å². The maximum atomic E-state index is 5.74. The van der Waals surface area contributed by atoms with E-state index < -0.39 is 0 Å². The first kappa shape index (κ1) is 10.2. The van der Waals surface area contributed by atoms with Gasteiger partial charge in [-0.05, 0) is 44.4 Å². The average molecular weight is 203 g/mol. The summed E-state index contributed by atoms with van der Waals surface area (Å²) >= 11 is 0. The van der Waals surface area contributed by atoms with Crippen LogP contribution in [-0.2, 0) is 6.42 Å². The minimum absolute atomic E-state index is 0.268. The number of aromatic amines is 1. The van der Waals surface area contributed by atoms with Crippen LogP contribution in [0.5, 0.6) is 0 Å². The van der Waals surface area contributed by atoms with Gasteiger partial charge in [-0.25, -0.2) is 4.98 Å². The quantitative estimate of drug-likeness (QED) is 0.803. The number of nitrogens with one attached hydrogen (secondary N) is 1. The summed E-state index contributed by atoms with van der Waals surface area (Å²) in [5.41, 5.74) is 9.22. The highest BCUT2D eigenvalue weighted by molar-refractivity contribution is 5.75. The molecule has 3 heteroatoms. The van der Waals surface area contributed by atoms with Gasteiger partial charge < -0.3 is 10.7 Å². The summed E-state index contributed by atoms with van der Waals surface area (Å²) in [7, 11) is 0. The molecule has 2 aromatic rings. The molecule has 0 saturated heterocycles. The van der Waals surface area contributed by atoms with Crippen molar-refractivity contribution in [2.75, 3.05) is 0 Å². The number of aryl methyl sites for hydroxylation is 2. The van der Waals surface area contributed by atoms with Gasteiger partial charge in [-0.2, -0.15) is 0 Å². The molecule has 1 aromatic heterocycles. The molecule has 0 bridgehead atoms. The van der Waals surface area contributed by atoms with Crippen LogP contribution in [0.15, 0.2) is 18.2 Å². The molecule has 0 radical (unpaired) electrons. The zero-order valence-corrected chi connectivity index (χ0v) is 9.25. The number of benzene rings is 1. The third-order valence-electron chi connectivity index (χ3n) is 2.55. The van der Waals surface area contributed by atoms with Crippen LogP contribution in [-0.4, -0.2) is 16.0 Å². The van der Waals surface area contributed by atoms with Gasteiger partial charge in [0, 0.05) is 6.04 Å². The van der Waals surface area contributed by atoms with E-state index in [1.807, 2.05) is 13.8 Å². The van der Waals surface area contributed by atoms with E-state index in [1.54, 1.807) is 0 Å². The fourth-order valence-corrected chi connectivity index (χ4v) is 1.73. The van der Waals surface area contributed by atoms with E-state index >= 15 is 0 Å². The molecule has 2 rings (SSSR count). The van der Waals surface area contributed by atoms with Crippen molar-refractivity contribution in [2.45, 2.75) is 32.7 Å². The Balaban J connectivity index is 2.22. The predicted molar refractivity (Wildman–Crippen MR) is 62.8 cm³/mol. The summed E-state index contributed by atoms with van der Waals surface area (Å²) in [5.74, 6) is 0.967. The molecule has 3 N–H and O–H groups in total. The van der Waals surface area contributed by atoms with Crippen molar-refractivity contribution in [1.29, 1.82) is 0 Å². The van der Waals surface area contributed by atoms with Gasteiger partial charge in [0.15, 0.2) is 0 Å². The number of hydrogen-bond acceptors (Lipinski definition) is 2. The molecule has 80 valence electrons. The van der Waals surface area contributed by atoms with Crippen LogP contribution in [0.1, 0.15) is 24.7 Å². The normalized spacial score (nSPS) is 13.3. The first-order chi connectivity index (χ1) is 7.15. The molecule has 1 atom stereocenters. The van der Waals surface area contributed by atoms with Crippen molar-refractivity contribution in [1.82, 2.24) is 9.97 Å². The fraction of sp³-hybridized carbons (Fsp3) is 0.417. The second-order valence-corrected chi connectivity index (χ2v) is 4.19. The van der Waals surface area contributed by atoms with E-state index in [4.69, 9.17) is 5.73 Å². The number of nitrogens with two attached hydrogens (primary N) is 1. The van der Waals surface area contributed by atoms with E-state index in [0.717, 1.165) is 29.7 Å². The lowest BCUT2D eigenvalue weighted by atomic mass is 10.1. The van der Waals surface area contributed by atoms with Crippen LogP contribution >= 0.6 is 0 Å². The van der Waals surface area contributed by atoms with E-state index in [0.29, 0.717) is 0 Å². The lowest BCUT2D eigenvalue weighted by Gasteiger charge is -2.04. The van der Waals surface area contributed by atoms with Crippen molar-refractivity contribution in [2.24, 2.45) is 5.73 Å². The molecule has 3 nitrogen and oxygen atoms in total. The van der Waals surface area contributed by atoms with Crippen LogP contribution in [0, 0.1) is 6.92 Å². The zero-order chi connectivity index (χ0) is 10.8. The van der Waals surface area contributed by atoms with Gasteiger partial charge in [0.25, 0.3) is 0 Å². The number of hydrogen-bond donors (Lipinski definition) is 2. The van der Waals surface area contributed by atoms with Gasteiger partial charge in [-0.1, -0.05) is 6.07 Å². The first-order valence-electron chi connectivity index (χ1n) is 5.36. The number of H-pyrrole nitrogens is 1. The van der Waals surface area contributed by atoms with Gasteiger partial charge in [-0.15, -0.1) is 0 Å². The second-order valence-electron chi connectivity index (χ2n) is 4.19. The first-order valence-corrected chi connectivity index (χ1v) is 5.36. The van der Waals surface area contributed by atoms with Crippen molar-refractivity contribution in [3.63, 3.8) is 0 Å². The van der Waals surface area contributed by atoms with Crippen LogP contribution in [0.2, 0.25) is 0 Å². The molecule has 1 aromatic carbocycles. The summed E-state index contributed by atoms with van der Waals surface area (Å²) in [6.07, 6.45) is 2.06. The van der Waals surface area contributed by atoms with Crippen LogP contribution in [0.3, 0.4) is 0 Å². The molecule has 0 amide bonds. The Morgan fingerprint density at radius 1 is 1.47 bits per heavy atom. The van der Waals surface area contributed by atoms with Crippen molar-refractivity contribution < 1.29 is 0 Å². The van der Waals surface area contributed by atoms with Crippen molar-refractivity contribution in [3.05, 3.63) is 29.6 Å². The Morgan fingerprint density at radius 3 is 3.00 bits per heavy atom. The van der Waals surface area contributed by atoms with E-state index in [9.17, 15) is 0 Å². The summed E-state index contributed by atoms with van der Waals surface area (Å²) < 4.78 is 0. The van der Waals surface area contributed by atoms with Crippen LogP contribution in [0.4, 0.5) is 0 Å². The SMILES string of the molecule is Cc1nc2ccc(CCC(C)N)cc2[nH]1. The monoisotopic (exact) mass is 203 g/mol. The molecule has 0 aliphatic rings. The van der Waals surface area contributed by atoms with Gasteiger partial charge in [0.1, 0.15) is 5.82 Å². The summed E-state index contributed by atoms with van der Waals surface area (Å²) in [6.45, 7) is 4.01. The maximum absolute atomic E-state index is 5.74. The summed E-state index contributed by atoms with van der Waals surface area (Å²) in [4.78, 5) is 7.61. The average Bonchev–Trinajstić information content (AvgIpc) is 2.53. The smallest absolute Gasteiger partial charge is 0.104 e. The predicted octanol–water partition coefficient (Wildman–Crippen LogP) is 2.15. The highest BCUT2D eigenvalue weighted by atomic mass is 14.9. The van der Waals surface area contributed by atoms with Gasteiger partial charge in [0.05, 0.1) is 11.0 Å². The fourth-order valence-electron chi connectivity index (χ4n) is 1.73.